The topological polar surface area (TPSA) is 114 Å². The van der Waals surface area contributed by atoms with Crippen LogP contribution in [0.5, 0.6) is 17.2 Å². The standard InChI is InChI=1S/C32H41N3O7S/c1-6-8-20-33-32(37)28(7-2)34(22-24-12-11-13-26(21-24)41-4)31(36)23-35(29-14-9-10-15-30(29)42-5)43(38,39)27-18-16-25(40-3)17-19-27/h9-19,21,28H,6-8,20,22-23H2,1-5H3,(H,33,37)/t28-/m1/s1. The van der Waals surface area contributed by atoms with Crippen LogP contribution in [0, 0.1) is 0 Å². The summed E-state index contributed by atoms with van der Waals surface area (Å²) >= 11 is 0. The SMILES string of the molecule is CCCCNC(=O)[C@@H](CC)N(Cc1cccc(OC)c1)C(=O)CN(c1ccccc1OC)S(=O)(=O)c1ccc(OC)cc1. The highest BCUT2D eigenvalue weighted by atomic mass is 32.2. The predicted molar refractivity (Wildman–Crippen MR) is 166 cm³/mol. The first-order valence-corrected chi connectivity index (χ1v) is 15.6. The number of para-hydroxylation sites is 2. The third-order valence-corrected chi connectivity index (χ3v) is 8.76. The normalized spacial score (nSPS) is 11.7. The summed E-state index contributed by atoms with van der Waals surface area (Å²) in [5.74, 6) is 0.514. The molecule has 0 spiro atoms. The molecule has 0 aliphatic heterocycles. The first kappa shape index (κ1) is 33.3. The maximum Gasteiger partial charge on any atom is 0.264 e. The number of hydrogen-bond acceptors (Lipinski definition) is 7. The molecule has 3 aromatic carbocycles. The number of nitrogens with zero attached hydrogens (tertiary/aromatic N) is 2. The van der Waals surface area contributed by atoms with E-state index in [0.29, 0.717) is 24.5 Å². The predicted octanol–water partition coefficient (Wildman–Crippen LogP) is 4.63. The van der Waals surface area contributed by atoms with Crippen molar-refractivity contribution in [3.63, 3.8) is 0 Å². The molecule has 0 heterocycles. The van der Waals surface area contributed by atoms with Crippen molar-refractivity contribution in [2.24, 2.45) is 0 Å². The van der Waals surface area contributed by atoms with Gasteiger partial charge in [0, 0.05) is 13.1 Å². The van der Waals surface area contributed by atoms with Crippen LogP contribution >= 0.6 is 0 Å². The van der Waals surface area contributed by atoms with Crippen molar-refractivity contribution >= 4 is 27.5 Å². The number of carbonyl (C=O) groups excluding carboxylic acids is 2. The monoisotopic (exact) mass is 611 g/mol. The van der Waals surface area contributed by atoms with Crippen molar-refractivity contribution in [2.75, 3.05) is 38.7 Å². The average molecular weight is 612 g/mol. The summed E-state index contributed by atoms with van der Waals surface area (Å²) in [5, 5.41) is 2.93. The minimum absolute atomic E-state index is 0.0318. The van der Waals surface area contributed by atoms with Crippen molar-refractivity contribution in [3.8, 4) is 17.2 Å². The second kappa shape index (κ2) is 15.8. The van der Waals surface area contributed by atoms with Gasteiger partial charge in [-0.25, -0.2) is 8.42 Å². The maximum atomic E-state index is 14.2. The molecular weight excluding hydrogens is 570 g/mol. The molecule has 10 nitrogen and oxygen atoms in total. The van der Waals surface area contributed by atoms with Gasteiger partial charge in [-0.05, 0) is 66.9 Å². The number of ether oxygens (including phenoxy) is 3. The Morgan fingerprint density at radius 2 is 1.56 bits per heavy atom. The number of nitrogens with one attached hydrogen (secondary N) is 1. The van der Waals surface area contributed by atoms with Gasteiger partial charge < -0.3 is 24.4 Å². The molecule has 0 radical (unpaired) electrons. The van der Waals surface area contributed by atoms with Crippen molar-refractivity contribution in [3.05, 3.63) is 78.4 Å². The molecular formula is C32H41N3O7S. The highest BCUT2D eigenvalue weighted by Crippen LogP contribution is 2.33. The van der Waals surface area contributed by atoms with Crippen LogP contribution in [0.2, 0.25) is 0 Å². The molecule has 0 aliphatic carbocycles. The van der Waals surface area contributed by atoms with E-state index < -0.39 is 28.5 Å². The maximum absolute atomic E-state index is 14.2. The lowest BCUT2D eigenvalue weighted by atomic mass is 10.1. The van der Waals surface area contributed by atoms with Crippen LogP contribution in [-0.2, 0) is 26.2 Å². The molecule has 3 aromatic rings. The minimum atomic E-state index is -4.26. The number of sulfonamides is 1. The summed E-state index contributed by atoms with van der Waals surface area (Å²) in [4.78, 5) is 29.0. The minimum Gasteiger partial charge on any atom is -0.497 e. The molecule has 1 atom stereocenters. The van der Waals surface area contributed by atoms with E-state index in [2.05, 4.69) is 5.32 Å². The summed E-state index contributed by atoms with van der Waals surface area (Å²) < 4.78 is 45.3. The van der Waals surface area contributed by atoms with Gasteiger partial charge in [0.05, 0.1) is 31.9 Å². The van der Waals surface area contributed by atoms with E-state index >= 15 is 0 Å². The largest absolute Gasteiger partial charge is 0.497 e. The molecule has 11 heteroatoms. The van der Waals surface area contributed by atoms with Crippen LogP contribution in [0.4, 0.5) is 5.69 Å². The van der Waals surface area contributed by atoms with Crippen molar-refractivity contribution in [2.45, 2.75) is 50.6 Å². The van der Waals surface area contributed by atoms with Gasteiger partial charge in [0.15, 0.2) is 0 Å². The number of benzene rings is 3. The van der Waals surface area contributed by atoms with E-state index in [1.165, 1.54) is 43.4 Å². The van der Waals surface area contributed by atoms with E-state index in [1.54, 1.807) is 49.6 Å². The van der Waals surface area contributed by atoms with Gasteiger partial charge >= 0.3 is 0 Å². The summed E-state index contributed by atoms with van der Waals surface area (Å²) in [7, 11) is 0.206. The van der Waals surface area contributed by atoms with Gasteiger partial charge in [0.2, 0.25) is 11.8 Å². The lowest BCUT2D eigenvalue weighted by Crippen LogP contribution is -2.52. The second-order valence-corrected chi connectivity index (χ2v) is 11.7. The third-order valence-electron chi connectivity index (χ3n) is 6.98. The highest BCUT2D eigenvalue weighted by molar-refractivity contribution is 7.92. The molecule has 0 saturated carbocycles. The second-order valence-electron chi connectivity index (χ2n) is 9.80. The lowest BCUT2D eigenvalue weighted by molar-refractivity contribution is -0.140. The summed E-state index contributed by atoms with van der Waals surface area (Å²) in [6.45, 7) is 3.82. The van der Waals surface area contributed by atoms with Gasteiger partial charge in [-0.1, -0.05) is 44.5 Å². The van der Waals surface area contributed by atoms with E-state index in [0.717, 1.165) is 22.7 Å². The Bertz CT molecular complexity index is 1460. The Morgan fingerprint density at radius 3 is 2.19 bits per heavy atom. The van der Waals surface area contributed by atoms with E-state index in [-0.39, 0.29) is 28.8 Å². The fourth-order valence-corrected chi connectivity index (χ4v) is 6.04. The zero-order valence-electron chi connectivity index (χ0n) is 25.4. The first-order valence-electron chi connectivity index (χ1n) is 14.2. The van der Waals surface area contributed by atoms with Crippen molar-refractivity contribution < 1.29 is 32.2 Å². The summed E-state index contributed by atoms with van der Waals surface area (Å²) in [6.07, 6.45) is 2.03. The lowest BCUT2D eigenvalue weighted by Gasteiger charge is -2.33. The molecule has 2 amide bonds. The quantitative estimate of drug-likeness (QED) is 0.235. The fraction of sp³-hybridized carbons (Fsp3) is 0.375. The van der Waals surface area contributed by atoms with Gasteiger partial charge in [0.1, 0.15) is 29.8 Å². The van der Waals surface area contributed by atoms with Gasteiger partial charge in [-0.15, -0.1) is 0 Å². The van der Waals surface area contributed by atoms with E-state index in [1.807, 2.05) is 19.9 Å². The van der Waals surface area contributed by atoms with E-state index in [4.69, 9.17) is 14.2 Å². The summed E-state index contributed by atoms with van der Waals surface area (Å²) in [5.41, 5.74) is 0.922. The average Bonchev–Trinajstić information content (AvgIpc) is 3.03. The first-order chi connectivity index (χ1) is 20.7. The smallest absolute Gasteiger partial charge is 0.264 e. The summed E-state index contributed by atoms with van der Waals surface area (Å²) in [6, 6.07) is 18.9. The van der Waals surface area contributed by atoms with Crippen molar-refractivity contribution in [1.82, 2.24) is 10.2 Å². The molecule has 1 N–H and O–H groups in total. The number of methoxy groups -OCH3 is 3. The van der Waals surface area contributed by atoms with Gasteiger partial charge in [0.25, 0.3) is 10.0 Å². The number of hydrogen-bond donors (Lipinski definition) is 1. The van der Waals surface area contributed by atoms with Crippen LogP contribution in [0.25, 0.3) is 0 Å². The van der Waals surface area contributed by atoms with Crippen LogP contribution < -0.4 is 23.8 Å². The number of unbranched alkanes of at least 4 members (excludes halogenated alkanes) is 1. The molecule has 43 heavy (non-hydrogen) atoms. The molecule has 232 valence electrons. The molecule has 0 fully saturated rings. The number of amides is 2. The Morgan fingerprint density at radius 1 is 0.860 bits per heavy atom. The van der Waals surface area contributed by atoms with Gasteiger partial charge in [-0.3, -0.25) is 13.9 Å². The fourth-order valence-electron chi connectivity index (χ4n) is 4.62. The Hall–Kier alpha value is -4.25. The zero-order chi connectivity index (χ0) is 31.4. The van der Waals surface area contributed by atoms with Crippen LogP contribution in [0.3, 0.4) is 0 Å². The number of anilines is 1. The molecule has 0 saturated heterocycles. The third kappa shape index (κ3) is 8.41. The molecule has 3 rings (SSSR count). The van der Waals surface area contributed by atoms with Crippen LogP contribution in [0.1, 0.15) is 38.7 Å². The van der Waals surface area contributed by atoms with Crippen LogP contribution in [-0.4, -0.2) is 65.6 Å². The zero-order valence-corrected chi connectivity index (χ0v) is 26.2. The number of carbonyl (C=O) groups is 2. The molecule has 0 aliphatic rings. The Labute approximate surface area is 254 Å². The Kier molecular flexibility index (Phi) is 12.2. The molecule has 0 unspecified atom stereocenters. The number of rotatable bonds is 16. The van der Waals surface area contributed by atoms with Crippen LogP contribution in [0.15, 0.2) is 77.7 Å². The van der Waals surface area contributed by atoms with E-state index in [9.17, 15) is 18.0 Å². The van der Waals surface area contributed by atoms with Gasteiger partial charge in [-0.2, -0.15) is 0 Å². The highest BCUT2D eigenvalue weighted by Gasteiger charge is 2.34. The molecule has 0 aromatic heterocycles. The molecule has 0 bridgehead atoms. The Balaban J connectivity index is 2.08. The van der Waals surface area contributed by atoms with Crippen molar-refractivity contribution in [1.29, 1.82) is 0 Å².